The summed E-state index contributed by atoms with van der Waals surface area (Å²) in [4.78, 5) is 22.5. The Morgan fingerprint density at radius 2 is 1.17 bits per heavy atom. The predicted octanol–water partition coefficient (Wildman–Crippen LogP) is 3.48. The van der Waals surface area contributed by atoms with E-state index in [0.29, 0.717) is 13.2 Å². The van der Waals surface area contributed by atoms with Crippen molar-refractivity contribution in [3.63, 3.8) is 0 Å². The molecule has 24 heavy (non-hydrogen) atoms. The van der Waals surface area contributed by atoms with Crippen LogP contribution in [0, 0.1) is 17.8 Å². The van der Waals surface area contributed by atoms with Crippen molar-refractivity contribution < 1.29 is 24.2 Å². The van der Waals surface area contributed by atoms with Gasteiger partial charge in [0.1, 0.15) is 0 Å². The van der Waals surface area contributed by atoms with Gasteiger partial charge in [0.25, 0.3) is 0 Å². The van der Waals surface area contributed by atoms with E-state index in [0.717, 1.165) is 44.4 Å². The number of esters is 2. The van der Waals surface area contributed by atoms with E-state index in [1.807, 2.05) is 13.8 Å². The second-order valence-corrected chi connectivity index (χ2v) is 6.97. The molecule has 0 aromatic heterocycles. The highest BCUT2D eigenvalue weighted by molar-refractivity contribution is 5.72. The van der Waals surface area contributed by atoms with Crippen molar-refractivity contribution in [2.24, 2.45) is 17.8 Å². The maximum atomic E-state index is 11.3. The van der Waals surface area contributed by atoms with E-state index in [4.69, 9.17) is 9.47 Å². The molecule has 1 N–H and O–H groups in total. The fourth-order valence-electron chi connectivity index (χ4n) is 3.33. The van der Waals surface area contributed by atoms with Gasteiger partial charge in [-0.2, -0.15) is 0 Å². The van der Waals surface area contributed by atoms with Gasteiger partial charge in [-0.15, -0.1) is 0 Å². The summed E-state index contributed by atoms with van der Waals surface area (Å²) in [5.74, 6) is 0.957. The van der Waals surface area contributed by atoms with Crippen LogP contribution in [0.4, 0.5) is 0 Å². The molecule has 2 rings (SSSR count). The van der Waals surface area contributed by atoms with Crippen LogP contribution >= 0.6 is 0 Å². The summed E-state index contributed by atoms with van der Waals surface area (Å²) in [6, 6.07) is 0. The smallest absolute Gasteiger partial charge is 0.308 e. The molecule has 0 aliphatic heterocycles. The first-order chi connectivity index (χ1) is 11.5. The van der Waals surface area contributed by atoms with E-state index in [1.54, 1.807) is 0 Å². The Morgan fingerprint density at radius 3 is 1.54 bits per heavy atom. The summed E-state index contributed by atoms with van der Waals surface area (Å²) in [5.41, 5.74) is 0. The highest BCUT2D eigenvalue weighted by Gasteiger charge is 2.26. The zero-order valence-corrected chi connectivity index (χ0v) is 15.5. The summed E-state index contributed by atoms with van der Waals surface area (Å²) in [6.45, 7) is 6.91. The number of hydrogen-bond acceptors (Lipinski definition) is 5. The van der Waals surface area contributed by atoms with Crippen LogP contribution in [0.15, 0.2) is 0 Å². The molecule has 0 bridgehead atoms. The van der Waals surface area contributed by atoms with Crippen LogP contribution < -0.4 is 0 Å². The van der Waals surface area contributed by atoms with Gasteiger partial charge in [-0.25, -0.2) is 0 Å². The topological polar surface area (TPSA) is 72.8 Å². The maximum absolute atomic E-state index is 11.3. The molecule has 0 aromatic rings. The van der Waals surface area contributed by atoms with Crippen molar-refractivity contribution in [2.75, 3.05) is 13.2 Å². The Balaban J connectivity index is 0.000000240. The molecule has 0 atom stereocenters. The number of aliphatic hydroxyl groups is 1. The molecule has 0 saturated heterocycles. The van der Waals surface area contributed by atoms with Crippen molar-refractivity contribution in [1.82, 2.24) is 0 Å². The fraction of sp³-hybridized carbons (Fsp3) is 0.895. The first kappa shape index (κ1) is 20.9. The summed E-state index contributed by atoms with van der Waals surface area (Å²) in [5, 5.41) is 9.19. The van der Waals surface area contributed by atoms with Gasteiger partial charge in [0, 0.05) is 0 Å². The highest BCUT2D eigenvalue weighted by atomic mass is 16.5. The van der Waals surface area contributed by atoms with Crippen LogP contribution in [0.3, 0.4) is 0 Å². The number of aliphatic hydroxyl groups excluding tert-OH is 1. The van der Waals surface area contributed by atoms with E-state index in [-0.39, 0.29) is 29.9 Å². The van der Waals surface area contributed by atoms with Crippen molar-refractivity contribution in [3.8, 4) is 0 Å². The number of carbonyl (C=O) groups is 2. The first-order valence-corrected chi connectivity index (χ1v) is 9.49. The molecule has 2 saturated carbocycles. The van der Waals surface area contributed by atoms with Crippen LogP contribution in [0.5, 0.6) is 0 Å². The summed E-state index contributed by atoms with van der Waals surface area (Å²) < 4.78 is 9.87. The third-order valence-corrected chi connectivity index (χ3v) is 4.95. The average molecular weight is 342 g/mol. The molecule has 2 aliphatic carbocycles. The molecule has 2 aliphatic rings. The third-order valence-electron chi connectivity index (χ3n) is 4.95. The standard InChI is InChI=1S/C10H18O2.C9H16O3/c1-3-12-10(11)9-6-4-8(2)5-7-9;1-2-12-9(11)7-3-5-8(10)6-4-7/h8-9H,3-7H2,1-2H3;7-8,10H,2-6H2,1H3. The van der Waals surface area contributed by atoms with Gasteiger partial charge < -0.3 is 14.6 Å². The molecule has 0 amide bonds. The van der Waals surface area contributed by atoms with Crippen molar-refractivity contribution in [3.05, 3.63) is 0 Å². The first-order valence-electron chi connectivity index (χ1n) is 9.49. The van der Waals surface area contributed by atoms with Crippen molar-refractivity contribution in [1.29, 1.82) is 0 Å². The molecule has 0 heterocycles. The summed E-state index contributed by atoms with van der Waals surface area (Å²) in [6.07, 6.45) is 7.26. The third kappa shape index (κ3) is 7.65. The molecular weight excluding hydrogens is 308 g/mol. The minimum atomic E-state index is -0.198. The SMILES string of the molecule is CCOC(=O)C1CCC(C)CC1.CCOC(=O)C1CCC(O)CC1. The fourth-order valence-corrected chi connectivity index (χ4v) is 3.33. The molecule has 0 radical (unpaired) electrons. The Kier molecular flexibility index (Phi) is 9.99. The number of carbonyl (C=O) groups excluding carboxylic acids is 2. The molecule has 5 nitrogen and oxygen atoms in total. The molecule has 5 heteroatoms. The van der Waals surface area contributed by atoms with Gasteiger partial charge in [0.2, 0.25) is 0 Å². The normalized spacial score (nSPS) is 29.8. The Labute approximate surface area is 146 Å². The lowest BCUT2D eigenvalue weighted by Crippen LogP contribution is -2.25. The number of rotatable bonds is 4. The summed E-state index contributed by atoms with van der Waals surface area (Å²) >= 11 is 0. The van der Waals surface area contributed by atoms with Gasteiger partial charge in [0.15, 0.2) is 0 Å². The van der Waals surface area contributed by atoms with E-state index >= 15 is 0 Å². The van der Waals surface area contributed by atoms with Gasteiger partial charge in [0.05, 0.1) is 31.2 Å². The second kappa shape index (κ2) is 11.5. The van der Waals surface area contributed by atoms with E-state index in [2.05, 4.69) is 6.92 Å². The van der Waals surface area contributed by atoms with Gasteiger partial charge >= 0.3 is 11.9 Å². The number of ether oxygens (including phenoxy) is 2. The average Bonchev–Trinajstić information content (AvgIpc) is 2.57. The van der Waals surface area contributed by atoms with Crippen LogP contribution in [0.25, 0.3) is 0 Å². The molecule has 140 valence electrons. The Hall–Kier alpha value is -1.10. The molecule has 2 fully saturated rings. The van der Waals surface area contributed by atoms with E-state index < -0.39 is 0 Å². The zero-order valence-electron chi connectivity index (χ0n) is 15.5. The van der Waals surface area contributed by atoms with Crippen LogP contribution in [-0.2, 0) is 19.1 Å². The molecule has 0 spiro atoms. The van der Waals surface area contributed by atoms with Gasteiger partial charge in [-0.3, -0.25) is 9.59 Å². The van der Waals surface area contributed by atoms with Gasteiger partial charge in [-0.05, 0) is 71.1 Å². The minimum Gasteiger partial charge on any atom is -0.466 e. The van der Waals surface area contributed by atoms with Crippen molar-refractivity contribution >= 4 is 11.9 Å². The monoisotopic (exact) mass is 342 g/mol. The Bertz CT molecular complexity index is 330. The molecule has 0 unspecified atom stereocenters. The van der Waals surface area contributed by atoms with Crippen LogP contribution in [0.1, 0.15) is 72.1 Å². The molecular formula is C19H34O5. The predicted molar refractivity (Wildman–Crippen MR) is 92.4 cm³/mol. The maximum Gasteiger partial charge on any atom is 0.308 e. The largest absolute Gasteiger partial charge is 0.466 e. The Morgan fingerprint density at radius 1 is 0.792 bits per heavy atom. The van der Waals surface area contributed by atoms with E-state index in [1.165, 1.54) is 12.8 Å². The van der Waals surface area contributed by atoms with Gasteiger partial charge in [-0.1, -0.05) is 6.92 Å². The van der Waals surface area contributed by atoms with Crippen molar-refractivity contribution in [2.45, 2.75) is 78.2 Å². The quantitative estimate of drug-likeness (QED) is 0.792. The second-order valence-electron chi connectivity index (χ2n) is 6.97. The summed E-state index contributed by atoms with van der Waals surface area (Å²) in [7, 11) is 0. The number of hydrogen-bond donors (Lipinski definition) is 1. The minimum absolute atomic E-state index is 0.0180. The van der Waals surface area contributed by atoms with E-state index in [9.17, 15) is 14.7 Å². The lowest BCUT2D eigenvalue weighted by Gasteiger charge is -2.24. The van der Waals surface area contributed by atoms with Crippen LogP contribution in [0.2, 0.25) is 0 Å². The van der Waals surface area contributed by atoms with Crippen LogP contribution in [-0.4, -0.2) is 36.4 Å². The molecule has 0 aromatic carbocycles. The lowest BCUT2D eigenvalue weighted by molar-refractivity contribution is -0.150. The zero-order chi connectivity index (χ0) is 17.9. The highest BCUT2D eigenvalue weighted by Crippen LogP contribution is 2.29. The lowest BCUT2D eigenvalue weighted by atomic mass is 9.83.